The van der Waals surface area contributed by atoms with E-state index in [1.807, 2.05) is 13.0 Å². The molecule has 4 heterocycles. The summed E-state index contributed by atoms with van der Waals surface area (Å²) in [5, 5.41) is 8.43. The Hall–Kier alpha value is -1.50. The lowest BCUT2D eigenvalue weighted by Gasteiger charge is -2.21. The predicted molar refractivity (Wildman–Crippen MR) is 96.4 cm³/mol. The standard InChI is InChI=1S/C18H20N2O2S2/c1-10-11(2)24-18(19-10)15(7-12-5-6-23-9-12)20-17(21)14-8-13-3-4-16(14)22-13/h3-6,9,13-16H,7-8H2,1-2H3,(H,20,21)/t13-,14+,15-,16-/m0/s1. The molecule has 0 spiro atoms. The maximum Gasteiger partial charge on any atom is 0.226 e. The van der Waals surface area contributed by atoms with E-state index < -0.39 is 0 Å². The minimum Gasteiger partial charge on any atom is -0.366 e. The van der Waals surface area contributed by atoms with Crippen LogP contribution in [0.5, 0.6) is 0 Å². The van der Waals surface area contributed by atoms with Gasteiger partial charge in [-0.25, -0.2) is 4.98 Å². The summed E-state index contributed by atoms with van der Waals surface area (Å²) in [4.78, 5) is 18.7. The smallest absolute Gasteiger partial charge is 0.226 e. The molecule has 2 aliphatic heterocycles. The second-order valence-electron chi connectivity index (χ2n) is 6.46. The summed E-state index contributed by atoms with van der Waals surface area (Å²) >= 11 is 3.36. The number of aromatic nitrogens is 1. The Bertz CT molecular complexity index is 747. The number of carbonyl (C=O) groups is 1. The number of thiophene rings is 1. The first-order chi connectivity index (χ1) is 11.6. The zero-order chi connectivity index (χ0) is 16.7. The summed E-state index contributed by atoms with van der Waals surface area (Å²) in [6.45, 7) is 4.10. The van der Waals surface area contributed by atoms with Crippen LogP contribution in [0.2, 0.25) is 0 Å². The van der Waals surface area contributed by atoms with E-state index >= 15 is 0 Å². The van der Waals surface area contributed by atoms with E-state index in [1.165, 1.54) is 10.4 Å². The van der Waals surface area contributed by atoms with E-state index in [0.717, 1.165) is 23.5 Å². The van der Waals surface area contributed by atoms with Gasteiger partial charge in [0.05, 0.1) is 29.9 Å². The Morgan fingerprint density at radius 2 is 2.33 bits per heavy atom. The molecular weight excluding hydrogens is 340 g/mol. The number of carbonyl (C=O) groups excluding carboxylic acids is 1. The first kappa shape index (κ1) is 16.0. The molecule has 0 aromatic carbocycles. The SMILES string of the molecule is Cc1nc([C@H](Cc2ccsc2)NC(=O)[C@@H]2C[C@@H]3C=C[C@@H]2O3)sc1C. The molecule has 2 aromatic rings. The average Bonchev–Trinajstić information content (AvgIpc) is 3.33. The van der Waals surface area contributed by atoms with E-state index in [9.17, 15) is 4.79 Å². The Kier molecular flexibility index (Phi) is 4.28. The van der Waals surface area contributed by atoms with Crippen molar-refractivity contribution in [2.45, 2.75) is 44.9 Å². The van der Waals surface area contributed by atoms with Gasteiger partial charge < -0.3 is 10.1 Å². The molecule has 4 nitrogen and oxygen atoms in total. The van der Waals surface area contributed by atoms with Crippen LogP contribution in [0.1, 0.15) is 33.6 Å². The minimum absolute atomic E-state index is 0.0587. The van der Waals surface area contributed by atoms with Crippen LogP contribution < -0.4 is 5.32 Å². The van der Waals surface area contributed by atoms with Crippen molar-refractivity contribution in [2.75, 3.05) is 0 Å². The molecule has 4 rings (SSSR count). The number of thiazole rings is 1. The van der Waals surface area contributed by atoms with E-state index in [2.05, 4.69) is 40.1 Å². The van der Waals surface area contributed by atoms with Gasteiger partial charge in [0.25, 0.3) is 0 Å². The topological polar surface area (TPSA) is 51.2 Å². The maximum absolute atomic E-state index is 12.8. The molecular formula is C18H20N2O2S2. The van der Waals surface area contributed by atoms with Crippen molar-refractivity contribution in [3.8, 4) is 0 Å². The molecule has 1 saturated heterocycles. The molecule has 2 aliphatic rings. The number of amides is 1. The fourth-order valence-electron chi connectivity index (χ4n) is 3.30. The van der Waals surface area contributed by atoms with Gasteiger partial charge in [-0.1, -0.05) is 12.2 Å². The molecule has 1 fully saturated rings. The maximum atomic E-state index is 12.8. The number of fused-ring (bicyclic) bond motifs is 2. The molecule has 2 aromatic heterocycles. The average molecular weight is 361 g/mol. The van der Waals surface area contributed by atoms with Gasteiger partial charge in [-0.2, -0.15) is 11.3 Å². The monoisotopic (exact) mass is 360 g/mol. The summed E-state index contributed by atoms with van der Waals surface area (Å²) in [6, 6.07) is 2.04. The highest BCUT2D eigenvalue weighted by Crippen LogP contribution is 2.35. The number of nitrogens with zero attached hydrogens (tertiary/aromatic N) is 1. The molecule has 1 N–H and O–H groups in total. The van der Waals surface area contributed by atoms with Crippen molar-refractivity contribution in [2.24, 2.45) is 5.92 Å². The normalized spacial score (nSPS) is 26.0. The van der Waals surface area contributed by atoms with E-state index in [4.69, 9.17) is 4.74 Å². The van der Waals surface area contributed by atoms with Crippen LogP contribution in [0.15, 0.2) is 29.0 Å². The highest BCUT2D eigenvalue weighted by atomic mass is 32.1. The van der Waals surface area contributed by atoms with Crippen LogP contribution in [0.25, 0.3) is 0 Å². The molecule has 2 bridgehead atoms. The fraction of sp³-hybridized carbons (Fsp3) is 0.444. The summed E-state index contributed by atoms with van der Waals surface area (Å²) in [6.07, 6.45) is 5.70. The molecule has 24 heavy (non-hydrogen) atoms. The fourth-order valence-corrected chi connectivity index (χ4v) is 4.96. The van der Waals surface area contributed by atoms with E-state index in [-0.39, 0.29) is 30.1 Å². The number of ether oxygens (including phenoxy) is 1. The third-order valence-corrected chi connectivity index (χ3v) is 6.67. The van der Waals surface area contributed by atoms with Crippen LogP contribution >= 0.6 is 22.7 Å². The largest absolute Gasteiger partial charge is 0.366 e. The molecule has 126 valence electrons. The number of nitrogens with one attached hydrogen (secondary N) is 1. The van der Waals surface area contributed by atoms with Crippen LogP contribution in [0.3, 0.4) is 0 Å². The third kappa shape index (κ3) is 3.06. The Balaban J connectivity index is 1.53. The van der Waals surface area contributed by atoms with Crippen LogP contribution in [-0.2, 0) is 16.0 Å². The first-order valence-electron chi connectivity index (χ1n) is 8.19. The molecule has 0 radical (unpaired) electrons. The van der Waals surface area contributed by atoms with E-state index in [0.29, 0.717) is 0 Å². The number of rotatable bonds is 5. The lowest BCUT2D eigenvalue weighted by molar-refractivity contribution is -0.126. The summed E-state index contributed by atoms with van der Waals surface area (Å²) < 4.78 is 5.74. The molecule has 6 heteroatoms. The van der Waals surface area contributed by atoms with Crippen molar-refractivity contribution in [1.29, 1.82) is 0 Å². The zero-order valence-corrected chi connectivity index (χ0v) is 15.3. The molecule has 0 aliphatic carbocycles. The van der Waals surface area contributed by atoms with Crippen LogP contribution in [0.4, 0.5) is 0 Å². The second kappa shape index (κ2) is 6.43. The lowest BCUT2D eigenvalue weighted by atomic mass is 9.93. The van der Waals surface area contributed by atoms with Gasteiger partial charge >= 0.3 is 0 Å². The Labute approximate surface area is 149 Å². The molecule has 0 saturated carbocycles. The van der Waals surface area contributed by atoms with Gasteiger partial charge in [0.2, 0.25) is 5.91 Å². The van der Waals surface area contributed by atoms with Gasteiger partial charge in [-0.05, 0) is 42.7 Å². The molecule has 4 atom stereocenters. The first-order valence-corrected chi connectivity index (χ1v) is 9.95. The number of hydrogen-bond acceptors (Lipinski definition) is 5. The molecule has 1 amide bonds. The lowest BCUT2D eigenvalue weighted by Crippen LogP contribution is -2.38. The van der Waals surface area contributed by atoms with Gasteiger partial charge in [-0.15, -0.1) is 11.3 Å². The Morgan fingerprint density at radius 1 is 1.46 bits per heavy atom. The van der Waals surface area contributed by atoms with Crippen molar-refractivity contribution in [3.05, 3.63) is 50.1 Å². The van der Waals surface area contributed by atoms with Crippen molar-refractivity contribution >= 4 is 28.6 Å². The summed E-state index contributed by atoms with van der Waals surface area (Å²) in [7, 11) is 0. The third-order valence-electron chi connectivity index (χ3n) is 4.75. The van der Waals surface area contributed by atoms with Crippen LogP contribution in [0, 0.1) is 19.8 Å². The number of aryl methyl sites for hydroxylation is 2. The van der Waals surface area contributed by atoms with Crippen molar-refractivity contribution in [3.63, 3.8) is 0 Å². The van der Waals surface area contributed by atoms with Crippen molar-refractivity contribution < 1.29 is 9.53 Å². The second-order valence-corrected chi connectivity index (χ2v) is 8.47. The highest BCUT2D eigenvalue weighted by Gasteiger charge is 2.41. The van der Waals surface area contributed by atoms with Crippen molar-refractivity contribution in [1.82, 2.24) is 10.3 Å². The van der Waals surface area contributed by atoms with Crippen LogP contribution in [-0.4, -0.2) is 23.1 Å². The molecule has 0 unspecified atom stereocenters. The predicted octanol–water partition coefficient (Wildman–Crippen LogP) is 3.56. The van der Waals surface area contributed by atoms with E-state index in [1.54, 1.807) is 22.7 Å². The van der Waals surface area contributed by atoms with Gasteiger partial charge in [0.15, 0.2) is 0 Å². The Morgan fingerprint density at radius 3 is 2.92 bits per heavy atom. The number of hydrogen-bond donors (Lipinski definition) is 1. The van der Waals surface area contributed by atoms with Gasteiger partial charge in [0, 0.05) is 11.3 Å². The summed E-state index contributed by atoms with van der Waals surface area (Å²) in [5.41, 5.74) is 2.28. The van der Waals surface area contributed by atoms with Gasteiger partial charge in [0.1, 0.15) is 5.01 Å². The minimum atomic E-state index is -0.0767. The highest BCUT2D eigenvalue weighted by molar-refractivity contribution is 7.11. The zero-order valence-electron chi connectivity index (χ0n) is 13.7. The quantitative estimate of drug-likeness (QED) is 0.830. The summed E-state index contributed by atoms with van der Waals surface area (Å²) in [5.74, 6) is 0.00437. The van der Waals surface area contributed by atoms with Gasteiger partial charge in [-0.3, -0.25) is 4.79 Å².